The Morgan fingerprint density at radius 3 is 2.59 bits per heavy atom. The molecule has 4 nitrogen and oxygen atoms in total. The van der Waals surface area contributed by atoms with E-state index in [1.807, 2.05) is 24.3 Å². The summed E-state index contributed by atoms with van der Waals surface area (Å²) in [4.78, 5) is 11.5. The number of ether oxygens (including phenoxy) is 1. The topological polar surface area (TPSA) is 64.3 Å². The fourth-order valence-corrected chi connectivity index (χ4v) is 1.69. The molecule has 1 aromatic rings. The van der Waals surface area contributed by atoms with E-state index < -0.39 is 0 Å². The zero-order valence-electron chi connectivity index (χ0n) is 9.82. The minimum atomic E-state index is -0.0439. The zero-order valence-corrected chi connectivity index (χ0v) is 9.82. The molecule has 4 heteroatoms. The molecule has 0 heterocycles. The highest BCUT2D eigenvalue weighted by Gasteiger charge is 2.19. The monoisotopic (exact) mass is 234 g/mol. The maximum atomic E-state index is 11.5. The van der Waals surface area contributed by atoms with E-state index in [0.717, 1.165) is 18.4 Å². The van der Waals surface area contributed by atoms with Crippen LogP contribution in [-0.2, 0) is 11.3 Å². The number of rotatable bonds is 5. The van der Waals surface area contributed by atoms with Crippen molar-refractivity contribution in [3.05, 3.63) is 29.8 Å². The number of benzene rings is 1. The molecular weight excluding hydrogens is 216 g/mol. The van der Waals surface area contributed by atoms with E-state index in [-0.39, 0.29) is 12.5 Å². The van der Waals surface area contributed by atoms with Gasteiger partial charge in [-0.15, -0.1) is 0 Å². The molecule has 0 atom stereocenters. The summed E-state index contributed by atoms with van der Waals surface area (Å²) in [5.41, 5.74) is 6.55. The largest absolute Gasteiger partial charge is 0.484 e. The van der Waals surface area contributed by atoms with Gasteiger partial charge in [-0.1, -0.05) is 12.1 Å². The molecular formula is C13H18N2O2. The van der Waals surface area contributed by atoms with Gasteiger partial charge < -0.3 is 15.8 Å². The Kier molecular flexibility index (Phi) is 3.98. The highest BCUT2D eigenvalue weighted by Crippen LogP contribution is 2.18. The molecule has 0 unspecified atom stereocenters. The van der Waals surface area contributed by atoms with Crippen LogP contribution < -0.4 is 15.8 Å². The summed E-state index contributed by atoms with van der Waals surface area (Å²) in [5, 5.41) is 2.93. The number of amides is 1. The van der Waals surface area contributed by atoms with Crippen molar-refractivity contribution >= 4 is 5.91 Å². The standard InChI is InChI=1S/C13H18N2O2/c14-8-10-4-6-12(7-5-10)17-9-13(16)15-11-2-1-3-11/h4-7,11H,1-3,8-9,14H2,(H,15,16). The summed E-state index contributed by atoms with van der Waals surface area (Å²) in [6, 6.07) is 7.83. The summed E-state index contributed by atoms with van der Waals surface area (Å²) >= 11 is 0. The van der Waals surface area contributed by atoms with Crippen LogP contribution >= 0.6 is 0 Å². The molecule has 0 aliphatic heterocycles. The van der Waals surface area contributed by atoms with Crippen molar-refractivity contribution in [2.24, 2.45) is 5.73 Å². The third kappa shape index (κ3) is 3.46. The Bertz CT molecular complexity index is 372. The predicted octanol–water partition coefficient (Wildman–Crippen LogP) is 1.19. The van der Waals surface area contributed by atoms with E-state index in [1.54, 1.807) is 0 Å². The van der Waals surface area contributed by atoms with E-state index in [4.69, 9.17) is 10.5 Å². The van der Waals surface area contributed by atoms with Crippen LogP contribution in [-0.4, -0.2) is 18.6 Å². The fourth-order valence-electron chi connectivity index (χ4n) is 1.69. The molecule has 2 rings (SSSR count). The van der Waals surface area contributed by atoms with Crippen LogP contribution in [0.25, 0.3) is 0 Å². The van der Waals surface area contributed by atoms with Gasteiger partial charge in [0.1, 0.15) is 5.75 Å². The van der Waals surface area contributed by atoms with Gasteiger partial charge in [0, 0.05) is 12.6 Å². The molecule has 1 aromatic carbocycles. The first-order chi connectivity index (χ1) is 8.28. The van der Waals surface area contributed by atoms with E-state index in [2.05, 4.69) is 5.32 Å². The first-order valence-electron chi connectivity index (χ1n) is 5.99. The van der Waals surface area contributed by atoms with Crippen LogP contribution in [0.15, 0.2) is 24.3 Å². The lowest BCUT2D eigenvalue weighted by Gasteiger charge is -2.26. The summed E-state index contributed by atoms with van der Waals surface area (Å²) < 4.78 is 5.38. The summed E-state index contributed by atoms with van der Waals surface area (Å²) in [5.74, 6) is 0.656. The van der Waals surface area contributed by atoms with Crippen molar-refractivity contribution in [3.8, 4) is 5.75 Å². The third-order valence-electron chi connectivity index (χ3n) is 3.00. The Morgan fingerprint density at radius 2 is 2.06 bits per heavy atom. The Labute approximate surface area is 101 Å². The summed E-state index contributed by atoms with van der Waals surface area (Å²) in [6.45, 7) is 0.598. The lowest BCUT2D eigenvalue weighted by Crippen LogP contribution is -2.41. The maximum Gasteiger partial charge on any atom is 0.258 e. The van der Waals surface area contributed by atoms with Crippen LogP contribution in [0.4, 0.5) is 0 Å². The molecule has 0 bridgehead atoms. The summed E-state index contributed by atoms with van der Waals surface area (Å²) in [7, 11) is 0. The average Bonchev–Trinajstić information content (AvgIpc) is 2.32. The first kappa shape index (κ1) is 11.9. The Hall–Kier alpha value is -1.55. The van der Waals surface area contributed by atoms with Gasteiger partial charge in [0.15, 0.2) is 6.61 Å². The maximum absolute atomic E-state index is 11.5. The lowest BCUT2D eigenvalue weighted by atomic mass is 9.93. The van der Waals surface area contributed by atoms with Crippen LogP contribution in [0.1, 0.15) is 24.8 Å². The molecule has 0 aromatic heterocycles. The van der Waals surface area contributed by atoms with Crippen molar-refractivity contribution in [2.75, 3.05) is 6.61 Å². The Morgan fingerprint density at radius 1 is 1.35 bits per heavy atom. The lowest BCUT2D eigenvalue weighted by molar-refractivity contribution is -0.124. The molecule has 0 radical (unpaired) electrons. The quantitative estimate of drug-likeness (QED) is 0.804. The minimum Gasteiger partial charge on any atom is -0.484 e. The van der Waals surface area contributed by atoms with Crippen molar-refractivity contribution in [3.63, 3.8) is 0 Å². The van der Waals surface area contributed by atoms with E-state index >= 15 is 0 Å². The van der Waals surface area contributed by atoms with Crippen molar-refractivity contribution in [1.29, 1.82) is 0 Å². The molecule has 0 saturated heterocycles. The number of nitrogens with two attached hydrogens (primary N) is 1. The number of hydrogen-bond acceptors (Lipinski definition) is 3. The highest BCUT2D eigenvalue weighted by atomic mass is 16.5. The van der Waals surface area contributed by atoms with Gasteiger partial charge in [-0.3, -0.25) is 4.79 Å². The molecule has 3 N–H and O–H groups in total. The molecule has 17 heavy (non-hydrogen) atoms. The average molecular weight is 234 g/mol. The van der Waals surface area contributed by atoms with Gasteiger partial charge in [0.2, 0.25) is 0 Å². The van der Waals surface area contributed by atoms with Crippen LogP contribution in [0.5, 0.6) is 5.75 Å². The fraction of sp³-hybridized carbons (Fsp3) is 0.462. The second-order valence-corrected chi connectivity index (χ2v) is 4.33. The van der Waals surface area contributed by atoms with Crippen molar-refractivity contribution in [1.82, 2.24) is 5.32 Å². The molecule has 0 spiro atoms. The van der Waals surface area contributed by atoms with E-state index in [1.165, 1.54) is 6.42 Å². The van der Waals surface area contributed by atoms with Gasteiger partial charge in [-0.05, 0) is 37.0 Å². The molecule has 1 aliphatic carbocycles. The van der Waals surface area contributed by atoms with Gasteiger partial charge in [0.25, 0.3) is 5.91 Å². The van der Waals surface area contributed by atoms with Gasteiger partial charge in [0.05, 0.1) is 0 Å². The smallest absolute Gasteiger partial charge is 0.258 e. The zero-order chi connectivity index (χ0) is 12.1. The second kappa shape index (κ2) is 5.68. The minimum absolute atomic E-state index is 0.0439. The van der Waals surface area contributed by atoms with Crippen LogP contribution in [0, 0.1) is 0 Å². The molecule has 1 amide bonds. The van der Waals surface area contributed by atoms with E-state index in [9.17, 15) is 4.79 Å². The number of hydrogen-bond donors (Lipinski definition) is 2. The highest BCUT2D eigenvalue weighted by molar-refractivity contribution is 5.77. The van der Waals surface area contributed by atoms with Crippen LogP contribution in [0.3, 0.4) is 0 Å². The molecule has 92 valence electrons. The van der Waals surface area contributed by atoms with Gasteiger partial charge in [-0.25, -0.2) is 0 Å². The van der Waals surface area contributed by atoms with Crippen LogP contribution in [0.2, 0.25) is 0 Å². The Balaban J connectivity index is 1.74. The van der Waals surface area contributed by atoms with E-state index in [0.29, 0.717) is 18.3 Å². The SMILES string of the molecule is NCc1ccc(OCC(=O)NC2CCC2)cc1. The number of carbonyl (C=O) groups excluding carboxylic acids is 1. The third-order valence-corrected chi connectivity index (χ3v) is 3.00. The first-order valence-corrected chi connectivity index (χ1v) is 5.99. The number of nitrogens with one attached hydrogen (secondary N) is 1. The van der Waals surface area contributed by atoms with Crippen molar-refractivity contribution in [2.45, 2.75) is 31.8 Å². The predicted molar refractivity (Wildman–Crippen MR) is 65.6 cm³/mol. The molecule has 1 saturated carbocycles. The molecule has 1 aliphatic rings. The normalized spacial score (nSPS) is 15.1. The summed E-state index contributed by atoms with van der Waals surface area (Å²) in [6.07, 6.45) is 3.40. The van der Waals surface area contributed by atoms with Crippen molar-refractivity contribution < 1.29 is 9.53 Å². The second-order valence-electron chi connectivity index (χ2n) is 4.33. The molecule has 1 fully saturated rings. The van der Waals surface area contributed by atoms with Gasteiger partial charge >= 0.3 is 0 Å². The number of carbonyl (C=O) groups is 1. The van der Waals surface area contributed by atoms with Gasteiger partial charge in [-0.2, -0.15) is 0 Å².